The number of hydrogen-bond donors (Lipinski definition) is 1. The second-order valence-electron chi connectivity index (χ2n) is 4.51. The minimum absolute atomic E-state index is 0.240. The van der Waals surface area contributed by atoms with Crippen molar-refractivity contribution >= 4 is 5.78 Å². The van der Waals surface area contributed by atoms with E-state index in [1.807, 2.05) is 31.2 Å². The summed E-state index contributed by atoms with van der Waals surface area (Å²) in [6.07, 6.45) is 2.56. The van der Waals surface area contributed by atoms with E-state index in [0.717, 1.165) is 18.4 Å². The van der Waals surface area contributed by atoms with Crippen LogP contribution in [0.4, 0.5) is 0 Å². The normalized spacial score (nSPS) is 12.4. The predicted molar refractivity (Wildman–Crippen MR) is 67.6 cm³/mol. The van der Waals surface area contributed by atoms with Crippen molar-refractivity contribution in [1.29, 1.82) is 0 Å². The Morgan fingerprint density at radius 3 is 2.44 bits per heavy atom. The Kier molecular flexibility index (Phi) is 5.20. The van der Waals surface area contributed by atoms with Gasteiger partial charge >= 0.3 is 0 Å². The second kappa shape index (κ2) is 6.44. The monoisotopic (exact) mass is 219 g/mol. The molecule has 0 heterocycles. The Hall–Kier alpha value is -1.15. The van der Waals surface area contributed by atoms with Crippen LogP contribution < -0.4 is 5.73 Å². The van der Waals surface area contributed by atoms with Crippen LogP contribution in [0.3, 0.4) is 0 Å². The molecule has 0 saturated heterocycles. The van der Waals surface area contributed by atoms with Gasteiger partial charge in [-0.1, -0.05) is 36.8 Å². The lowest BCUT2D eigenvalue weighted by molar-refractivity contribution is 0.0974. The molecular weight excluding hydrogens is 198 g/mol. The van der Waals surface area contributed by atoms with Crippen molar-refractivity contribution in [3.63, 3.8) is 0 Å². The number of rotatable bonds is 6. The third-order valence-electron chi connectivity index (χ3n) is 2.90. The summed E-state index contributed by atoms with van der Waals surface area (Å²) in [6, 6.07) is 7.78. The molecule has 0 fully saturated rings. The summed E-state index contributed by atoms with van der Waals surface area (Å²) in [5.74, 6) is 0.781. The molecule has 1 atom stereocenters. The molecule has 1 aromatic carbocycles. The minimum Gasteiger partial charge on any atom is -0.330 e. The molecule has 0 bridgehead atoms. The maximum atomic E-state index is 11.8. The van der Waals surface area contributed by atoms with Gasteiger partial charge in [0.2, 0.25) is 0 Å². The highest BCUT2D eigenvalue weighted by Crippen LogP contribution is 2.13. The van der Waals surface area contributed by atoms with E-state index < -0.39 is 0 Å². The summed E-state index contributed by atoms with van der Waals surface area (Å²) in [7, 11) is 0. The number of hydrogen-bond acceptors (Lipinski definition) is 2. The van der Waals surface area contributed by atoms with Crippen molar-refractivity contribution in [2.45, 2.75) is 33.1 Å². The third-order valence-corrected chi connectivity index (χ3v) is 2.90. The van der Waals surface area contributed by atoms with Gasteiger partial charge in [-0.2, -0.15) is 0 Å². The summed E-state index contributed by atoms with van der Waals surface area (Å²) in [5, 5.41) is 0. The van der Waals surface area contributed by atoms with E-state index in [1.54, 1.807) is 0 Å². The largest absolute Gasteiger partial charge is 0.330 e. The number of Topliss-reactive ketones (excluding diaryl/α,β-unsaturated/α-hetero) is 1. The zero-order valence-corrected chi connectivity index (χ0v) is 10.2. The van der Waals surface area contributed by atoms with Crippen molar-refractivity contribution < 1.29 is 4.79 Å². The standard InChI is InChI=1S/C14H21NO/c1-11-3-6-13(7-4-11)14(16)8-5-12(2)9-10-15/h3-4,6-7,12H,5,8-10,15H2,1-2H3. The van der Waals surface area contributed by atoms with Gasteiger partial charge in [-0.3, -0.25) is 4.79 Å². The van der Waals surface area contributed by atoms with Crippen LogP contribution in [-0.2, 0) is 0 Å². The van der Waals surface area contributed by atoms with Crippen LogP contribution >= 0.6 is 0 Å². The van der Waals surface area contributed by atoms with Gasteiger partial charge in [-0.25, -0.2) is 0 Å². The lowest BCUT2D eigenvalue weighted by atomic mass is 9.97. The molecule has 0 aliphatic carbocycles. The molecule has 88 valence electrons. The fourth-order valence-corrected chi connectivity index (χ4v) is 1.69. The molecule has 16 heavy (non-hydrogen) atoms. The van der Waals surface area contributed by atoms with Crippen LogP contribution in [-0.4, -0.2) is 12.3 Å². The molecule has 1 rings (SSSR count). The number of carbonyl (C=O) groups excluding carboxylic acids is 1. The van der Waals surface area contributed by atoms with Crippen molar-refractivity contribution in [2.24, 2.45) is 11.7 Å². The lowest BCUT2D eigenvalue weighted by Gasteiger charge is -2.08. The molecule has 0 amide bonds. The number of carbonyl (C=O) groups is 1. The van der Waals surface area contributed by atoms with Crippen LogP contribution in [0.15, 0.2) is 24.3 Å². The predicted octanol–water partition coefficient (Wildman–Crippen LogP) is 2.94. The fraction of sp³-hybridized carbons (Fsp3) is 0.500. The number of nitrogens with two attached hydrogens (primary N) is 1. The molecule has 0 saturated carbocycles. The first-order chi connectivity index (χ1) is 7.63. The van der Waals surface area contributed by atoms with E-state index in [1.165, 1.54) is 5.56 Å². The van der Waals surface area contributed by atoms with E-state index in [0.29, 0.717) is 18.9 Å². The van der Waals surface area contributed by atoms with Crippen LogP contribution in [0.5, 0.6) is 0 Å². The highest BCUT2D eigenvalue weighted by molar-refractivity contribution is 5.96. The zero-order chi connectivity index (χ0) is 12.0. The molecule has 2 heteroatoms. The Morgan fingerprint density at radius 2 is 1.88 bits per heavy atom. The quantitative estimate of drug-likeness (QED) is 0.747. The van der Waals surface area contributed by atoms with Crippen molar-refractivity contribution in [1.82, 2.24) is 0 Å². The molecule has 1 unspecified atom stereocenters. The van der Waals surface area contributed by atoms with E-state index >= 15 is 0 Å². The van der Waals surface area contributed by atoms with E-state index in [4.69, 9.17) is 5.73 Å². The van der Waals surface area contributed by atoms with Crippen LogP contribution in [0.2, 0.25) is 0 Å². The molecule has 2 N–H and O–H groups in total. The molecular formula is C14H21NO. The fourth-order valence-electron chi connectivity index (χ4n) is 1.69. The zero-order valence-electron chi connectivity index (χ0n) is 10.2. The van der Waals surface area contributed by atoms with Gasteiger partial charge in [0.25, 0.3) is 0 Å². The maximum absolute atomic E-state index is 11.8. The van der Waals surface area contributed by atoms with E-state index in [9.17, 15) is 4.79 Å². The van der Waals surface area contributed by atoms with E-state index in [-0.39, 0.29) is 5.78 Å². The minimum atomic E-state index is 0.240. The SMILES string of the molecule is Cc1ccc(C(=O)CCC(C)CCN)cc1. The van der Waals surface area contributed by atoms with Gasteiger partial charge < -0.3 is 5.73 Å². The average Bonchev–Trinajstić information content (AvgIpc) is 2.27. The second-order valence-corrected chi connectivity index (χ2v) is 4.51. The van der Waals surface area contributed by atoms with Gasteiger partial charge in [-0.05, 0) is 32.2 Å². The molecule has 0 aromatic heterocycles. The number of aryl methyl sites for hydroxylation is 1. The van der Waals surface area contributed by atoms with Crippen LogP contribution in [0, 0.1) is 12.8 Å². The third kappa shape index (κ3) is 4.15. The van der Waals surface area contributed by atoms with Gasteiger partial charge in [0.05, 0.1) is 0 Å². The molecule has 0 spiro atoms. The topological polar surface area (TPSA) is 43.1 Å². The summed E-state index contributed by atoms with van der Waals surface area (Å²) < 4.78 is 0. The Balaban J connectivity index is 2.43. The van der Waals surface area contributed by atoms with Crippen molar-refractivity contribution in [3.8, 4) is 0 Å². The molecule has 0 aliphatic heterocycles. The number of ketones is 1. The highest BCUT2D eigenvalue weighted by atomic mass is 16.1. The lowest BCUT2D eigenvalue weighted by Crippen LogP contribution is -2.08. The number of benzene rings is 1. The first-order valence-electron chi connectivity index (χ1n) is 5.93. The van der Waals surface area contributed by atoms with Crippen molar-refractivity contribution in [2.75, 3.05) is 6.54 Å². The molecule has 2 nitrogen and oxygen atoms in total. The van der Waals surface area contributed by atoms with Crippen LogP contribution in [0.1, 0.15) is 42.1 Å². The molecule has 0 radical (unpaired) electrons. The Bertz CT molecular complexity index is 329. The smallest absolute Gasteiger partial charge is 0.162 e. The average molecular weight is 219 g/mol. The molecule has 1 aromatic rings. The summed E-state index contributed by atoms with van der Waals surface area (Å²) in [4.78, 5) is 11.8. The van der Waals surface area contributed by atoms with E-state index in [2.05, 4.69) is 6.92 Å². The Morgan fingerprint density at radius 1 is 1.25 bits per heavy atom. The van der Waals surface area contributed by atoms with Crippen LogP contribution in [0.25, 0.3) is 0 Å². The first-order valence-corrected chi connectivity index (χ1v) is 5.93. The van der Waals surface area contributed by atoms with Crippen molar-refractivity contribution in [3.05, 3.63) is 35.4 Å². The summed E-state index contributed by atoms with van der Waals surface area (Å²) in [6.45, 7) is 4.88. The van der Waals surface area contributed by atoms with Gasteiger partial charge in [0.15, 0.2) is 5.78 Å². The summed E-state index contributed by atoms with van der Waals surface area (Å²) >= 11 is 0. The van der Waals surface area contributed by atoms with Gasteiger partial charge in [0.1, 0.15) is 0 Å². The molecule has 0 aliphatic rings. The Labute approximate surface area is 97.9 Å². The highest BCUT2D eigenvalue weighted by Gasteiger charge is 2.08. The maximum Gasteiger partial charge on any atom is 0.162 e. The van der Waals surface area contributed by atoms with Gasteiger partial charge in [-0.15, -0.1) is 0 Å². The first kappa shape index (κ1) is 12.9. The van der Waals surface area contributed by atoms with Gasteiger partial charge in [0, 0.05) is 12.0 Å². The summed E-state index contributed by atoms with van der Waals surface area (Å²) in [5.41, 5.74) is 7.49.